The van der Waals surface area contributed by atoms with E-state index in [9.17, 15) is 0 Å². The van der Waals surface area contributed by atoms with Crippen LogP contribution >= 0.6 is 11.8 Å². The maximum Gasteiger partial charge on any atom is 0.196 e. The van der Waals surface area contributed by atoms with E-state index >= 15 is 0 Å². The van der Waals surface area contributed by atoms with Crippen LogP contribution < -0.4 is 0 Å². The Morgan fingerprint density at radius 3 is 2.56 bits per heavy atom. The van der Waals surface area contributed by atoms with Crippen LogP contribution in [0.15, 0.2) is 76.6 Å². The van der Waals surface area contributed by atoms with E-state index in [0.717, 1.165) is 39.4 Å². The summed E-state index contributed by atoms with van der Waals surface area (Å²) in [7, 11) is 0. The SMILES string of the molecule is Cc1occc1-c1nnc(SCc2ccccn2)n1-c1ccccc1. The summed E-state index contributed by atoms with van der Waals surface area (Å²) in [4.78, 5) is 4.37. The minimum Gasteiger partial charge on any atom is -0.469 e. The molecule has 0 N–H and O–H groups in total. The topological polar surface area (TPSA) is 56.7 Å². The molecule has 4 rings (SSSR count). The molecule has 0 unspecified atom stereocenters. The van der Waals surface area contributed by atoms with Crippen molar-refractivity contribution in [3.05, 3.63) is 78.5 Å². The fourth-order valence-electron chi connectivity index (χ4n) is 2.59. The van der Waals surface area contributed by atoms with E-state index in [2.05, 4.69) is 19.7 Å². The number of thioether (sulfide) groups is 1. The van der Waals surface area contributed by atoms with Crippen LogP contribution in [0.3, 0.4) is 0 Å². The van der Waals surface area contributed by atoms with Gasteiger partial charge in [0, 0.05) is 17.6 Å². The lowest BCUT2D eigenvalue weighted by molar-refractivity contribution is 0.535. The Hall–Kier alpha value is -2.86. The number of hydrogen-bond acceptors (Lipinski definition) is 5. The van der Waals surface area contributed by atoms with Crippen LogP contribution in [0.25, 0.3) is 17.1 Å². The fourth-order valence-corrected chi connectivity index (χ4v) is 3.45. The molecule has 0 saturated heterocycles. The summed E-state index contributed by atoms with van der Waals surface area (Å²) in [5, 5.41) is 9.66. The van der Waals surface area contributed by atoms with E-state index in [0.29, 0.717) is 0 Å². The van der Waals surface area contributed by atoms with Crippen LogP contribution in [0, 0.1) is 6.92 Å². The van der Waals surface area contributed by atoms with Crippen molar-refractivity contribution in [2.45, 2.75) is 17.8 Å². The second kappa shape index (κ2) is 6.94. The number of hydrogen-bond donors (Lipinski definition) is 0. The molecule has 0 saturated carbocycles. The Labute approximate surface area is 149 Å². The Morgan fingerprint density at radius 2 is 1.84 bits per heavy atom. The summed E-state index contributed by atoms with van der Waals surface area (Å²) in [5.41, 5.74) is 2.98. The van der Waals surface area contributed by atoms with Gasteiger partial charge >= 0.3 is 0 Å². The monoisotopic (exact) mass is 348 g/mol. The summed E-state index contributed by atoms with van der Waals surface area (Å²) in [6, 6.07) is 18.0. The lowest BCUT2D eigenvalue weighted by Gasteiger charge is -2.09. The summed E-state index contributed by atoms with van der Waals surface area (Å²) in [6.07, 6.45) is 3.48. The van der Waals surface area contributed by atoms with Gasteiger partial charge in [-0.2, -0.15) is 0 Å². The zero-order valence-electron chi connectivity index (χ0n) is 13.7. The zero-order valence-corrected chi connectivity index (χ0v) is 14.5. The molecule has 25 heavy (non-hydrogen) atoms. The number of para-hydroxylation sites is 1. The van der Waals surface area contributed by atoms with Gasteiger partial charge in [-0.25, -0.2) is 0 Å². The van der Waals surface area contributed by atoms with Gasteiger partial charge in [0.1, 0.15) is 5.76 Å². The molecule has 0 fully saturated rings. The highest BCUT2D eigenvalue weighted by Crippen LogP contribution is 2.31. The van der Waals surface area contributed by atoms with Gasteiger partial charge < -0.3 is 4.42 Å². The van der Waals surface area contributed by atoms with Gasteiger partial charge in [0.25, 0.3) is 0 Å². The Balaban J connectivity index is 1.74. The summed E-state index contributed by atoms with van der Waals surface area (Å²) >= 11 is 1.62. The Kier molecular flexibility index (Phi) is 4.35. The molecule has 6 heteroatoms. The molecule has 3 aromatic heterocycles. The smallest absolute Gasteiger partial charge is 0.196 e. The molecular weight excluding hydrogens is 332 g/mol. The molecule has 0 aliphatic rings. The molecule has 0 radical (unpaired) electrons. The van der Waals surface area contributed by atoms with E-state index in [1.54, 1.807) is 24.2 Å². The first-order chi connectivity index (χ1) is 12.3. The summed E-state index contributed by atoms with van der Waals surface area (Å²) in [6.45, 7) is 1.93. The normalized spacial score (nSPS) is 10.9. The number of aromatic nitrogens is 4. The second-order valence-corrected chi connectivity index (χ2v) is 6.42. The highest BCUT2D eigenvalue weighted by atomic mass is 32.2. The first kappa shape index (κ1) is 15.7. The predicted octanol–water partition coefficient (Wildman–Crippen LogP) is 4.52. The van der Waals surface area contributed by atoms with Crippen molar-refractivity contribution < 1.29 is 4.42 Å². The number of rotatable bonds is 5. The molecule has 4 aromatic rings. The van der Waals surface area contributed by atoms with Crippen LogP contribution in [0.2, 0.25) is 0 Å². The minimum absolute atomic E-state index is 0.732. The quantitative estimate of drug-likeness (QED) is 0.496. The summed E-state index contributed by atoms with van der Waals surface area (Å²) in [5.74, 6) is 2.34. The molecule has 3 heterocycles. The number of benzene rings is 1. The van der Waals surface area contributed by atoms with Crippen molar-refractivity contribution in [3.63, 3.8) is 0 Å². The Bertz CT molecular complexity index is 964. The van der Waals surface area contributed by atoms with E-state index < -0.39 is 0 Å². The van der Waals surface area contributed by atoms with Crippen molar-refractivity contribution in [3.8, 4) is 17.1 Å². The van der Waals surface area contributed by atoms with Crippen LogP contribution in [0.1, 0.15) is 11.5 Å². The number of furan rings is 1. The molecule has 5 nitrogen and oxygen atoms in total. The fraction of sp³-hybridized carbons (Fsp3) is 0.105. The van der Waals surface area contributed by atoms with Crippen LogP contribution in [-0.2, 0) is 5.75 Å². The molecule has 0 bridgehead atoms. The molecule has 0 atom stereocenters. The van der Waals surface area contributed by atoms with Crippen LogP contribution in [-0.4, -0.2) is 19.7 Å². The van der Waals surface area contributed by atoms with Crippen molar-refractivity contribution >= 4 is 11.8 Å². The van der Waals surface area contributed by atoms with Gasteiger partial charge in [-0.05, 0) is 37.3 Å². The van der Waals surface area contributed by atoms with Crippen molar-refractivity contribution in [2.75, 3.05) is 0 Å². The van der Waals surface area contributed by atoms with Crippen LogP contribution in [0.5, 0.6) is 0 Å². The van der Waals surface area contributed by atoms with E-state index in [4.69, 9.17) is 4.42 Å². The maximum atomic E-state index is 5.45. The van der Waals surface area contributed by atoms with Crippen LogP contribution in [0.4, 0.5) is 0 Å². The first-order valence-corrected chi connectivity index (χ1v) is 8.89. The third kappa shape index (κ3) is 3.21. The number of aryl methyl sites for hydroxylation is 1. The highest BCUT2D eigenvalue weighted by Gasteiger charge is 2.18. The van der Waals surface area contributed by atoms with E-state index in [1.165, 1.54) is 0 Å². The predicted molar refractivity (Wildman–Crippen MR) is 97.6 cm³/mol. The Morgan fingerprint density at radius 1 is 1.00 bits per heavy atom. The number of nitrogens with zero attached hydrogens (tertiary/aromatic N) is 4. The van der Waals surface area contributed by atoms with Gasteiger partial charge in [-0.1, -0.05) is 36.0 Å². The highest BCUT2D eigenvalue weighted by molar-refractivity contribution is 7.98. The van der Waals surface area contributed by atoms with E-state index in [-0.39, 0.29) is 0 Å². The third-order valence-electron chi connectivity index (χ3n) is 3.82. The van der Waals surface area contributed by atoms with Gasteiger partial charge in [0.05, 0.1) is 17.5 Å². The standard InChI is InChI=1S/C19H16N4OS/c1-14-17(10-12-24-14)18-21-22-19(23(18)16-8-3-2-4-9-16)25-13-15-7-5-6-11-20-15/h2-12H,13H2,1H3. The zero-order chi connectivity index (χ0) is 17.1. The largest absolute Gasteiger partial charge is 0.469 e. The average molecular weight is 348 g/mol. The molecule has 124 valence electrons. The van der Waals surface area contributed by atoms with Gasteiger partial charge in [0.15, 0.2) is 11.0 Å². The summed E-state index contributed by atoms with van der Waals surface area (Å²) < 4.78 is 7.51. The first-order valence-electron chi connectivity index (χ1n) is 7.91. The molecule has 1 aromatic carbocycles. The lowest BCUT2D eigenvalue weighted by atomic mass is 10.2. The molecule has 0 amide bonds. The average Bonchev–Trinajstić information content (AvgIpc) is 3.27. The maximum absolute atomic E-state index is 5.45. The molecule has 0 spiro atoms. The van der Waals surface area contributed by atoms with Crippen molar-refractivity contribution in [2.24, 2.45) is 0 Å². The lowest BCUT2D eigenvalue weighted by Crippen LogP contribution is -2.00. The number of pyridine rings is 1. The van der Waals surface area contributed by atoms with Crippen molar-refractivity contribution in [1.82, 2.24) is 19.7 Å². The molecule has 0 aliphatic carbocycles. The molecular formula is C19H16N4OS. The van der Waals surface area contributed by atoms with Crippen molar-refractivity contribution in [1.29, 1.82) is 0 Å². The molecule has 0 aliphatic heterocycles. The van der Waals surface area contributed by atoms with E-state index in [1.807, 2.05) is 61.5 Å². The van der Waals surface area contributed by atoms with Gasteiger partial charge in [-0.15, -0.1) is 10.2 Å². The van der Waals surface area contributed by atoms with Gasteiger partial charge in [-0.3, -0.25) is 9.55 Å². The second-order valence-electron chi connectivity index (χ2n) is 5.48. The third-order valence-corrected chi connectivity index (χ3v) is 4.79. The minimum atomic E-state index is 0.732. The van der Waals surface area contributed by atoms with Gasteiger partial charge in [0.2, 0.25) is 0 Å².